The fourth-order valence-electron chi connectivity index (χ4n) is 0.769. The van der Waals surface area contributed by atoms with E-state index < -0.39 is 12.7 Å². The summed E-state index contributed by atoms with van der Waals surface area (Å²) in [5, 5.41) is 0. The predicted molar refractivity (Wildman–Crippen MR) is 37.3 cm³/mol. The molecule has 0 aromatic rings. The summed E-state index contributed by atoms with van der Waals surface area (Å²) in [6, 6.07) is -0.475. The highest BCUT2D eigenvalue weighted by Crippen LogP contribution is 2.07. The van der Waals surface area contributed by atoms with E-state index in [1.165, 1.54) is 6.08 Å². The van der Waals surface area contributed by atoms with Gasteiger partial charge in [-0.05, 0) is 12.3 Å². The van der Waals surface area contributed by atoms with E-state index >= 15 is 0 Å². The Morgan fingerprint density at radius 3 is 2.50 bits per heavy atom. The number of rotatable bonds is 4. The van der Waals surface area contributed by atoms with Crippen LogP contribution < -0.4 is 0 Å². The zero-order valence-corrected chi connectivity index (χ0v) is 6.30. The van der Waals surface area contributed by atoms with E-state index in [0.717, 1.165) is 0 Å². The van der Waals surface area contributed by atoms with E-state index in [9.17, 15) is 9.18 Å². The van der Waals surface area contributed by atoms with Gasteiger partial charge in [0.1, 0.15) is 6.67 Å². The van der Waals surface area contributed by atoms with Gasteiger partial charge in [-0.25, -0.2) is 9.18 Å². The van der Waals surface area contributed by atoms with Gasteiger partial charge in [-0.15, -0.1) is 0 Å². The van der Waals surface area contributed by atoms with Crippen LogP contribution in [0.5, 0.6) is 0 Å². The molecule has 0 saturated heterocycles. The maximum atomic E-state index is 11.9. The van der Waals surface area contributed by atoms with E-state index in [-0.39, 0.29) is 0 Å². The molecular formula is C7H12FNO. The standard InChI is InChI=1S/C7H12FNO/c1-6(2)3-7(4-8)9-5-10/h6-7H,3-4H2,1-2H3. The highest BCUT2D eigenvalue weighted by molar-refractivity contribution is 5.33. The Morgan fingerprint density at radius 1 is 1.60 bits per heavy atom. The molecule has 10 heavy (non-hydrogen) atoms. The second-order valence-electron chi connectivity index (χ2n) is 2.66. The van der Waals surface area contributed by atoms with Crippen LogP contribution in [0, 0.1) is 5.92 Å². The number of carbonyl (C=O) groups excluding carboxylic acids is 1. The Hall–Kier alpha value is -0.690. The summed E-state index contributed by atoms with van der Waals surface area (Å²) >= 11 is 0. The van der Waals surface area contributed by atoms with Crippen molar-refractivity contribution in [1.82, 2.24) is 0 Å². The second kappa shape index (κ2) is 5.12. The second-order valence-corrected chi connectivity index (χ2v) is 2.66. The fraction of sp³-hybridized carbons (Fsp3) is 0.857. The van der Waals surface area contributed by atoms with E-state index in [1.54, 1.807) is 0 Å². The van der Waals surface area contributed by atoms with E-state index in [0.29, 0.717) is 12.3 Å². The van der Waals surface area contributed by atoms with E-state index in [4.69, 9.17) is 0 Å². The maximum Gasteiger partial charge on any atom is 0.235 e. The quantitative estimate of drug-likeness (QED) is 0.437. The van der Waals surface area contributed by atoms with Crippen molar-refractivity contribution in [3.63, 3.8) is 0 Å². The molecule has 0 N–H and O–H groups in total. The van der Waals surface area contributed by atoms with Gasteiger partial charge in [-0.2, -0.15) is 4.99 Å². The van der Waals surface area contributed by atoms with Gasteiger partial charge >= 0.3 is 0 Å². The number of hydrogen-bond donors (Lipinski definition) is 0. The van der Waals surface area contributed by atoms with Gasteiger partial charge in [0, 0.05) is 0 Å². The van der Waals surface area contributed by atoms with Crippen LogP contribution in [0.1, 0.15) is 20.3 Å². The number of aliphatic imine (C=N–C) groups is 1. The zero-order chi connectivity index (χ0) is 7.98. The Balaban J connectivity index is 3.71. The molecular weight excluding hydrogens is 133 g/mol. The summed E-state index contributed by atoms with van der Waals surface area (Å²) in [7, 11) is 0. The lowest BCUT2D eigenvalue weighted by Gasteiger charge is -2.07. The molecule has 0 fully saturated rings. The number of isocyanates is 1. The third-order valence-corrected chi connectivity index (χ3v) is 1.16. The molecule has 0 aliphatic rings. The molecule has 0 aromatic heterocycles. The monoisotopic (exact) mass is 145 g/mol. The van der Waals surface area contributed by atoms with Crippen molar-refractivity contribution >= 4 is 6.08 Å². The molecule has 0 heterocycles. The van der Waals surface area contributed by atoms with Crippen molar-refractivity contribution < 1.29 is 9.18 Å². The van der Waals surface area contributed by atoms with Gasteiger partial charge in [0.25, 0.3) is 0 Å². The Bertz CT molecular complexity index is 130. The topological polar surface area (TPSA) is 29.4 Å². The lowest BCUT2D eigenvalue weighted by Crippen LogP contribution is -2.09. The molecule has 0 aliphatic carbocycles. The summed E-state index contributed by atoms with van der Waals surface area (Å²) in [4.78, 5) is 13.0. The average Bonchev–Trinajstić information content (AvgIpc) is 1.86. The molecule has 58 valence electrons. The van der Waals surface area contributed by atoms with Crippen molar-refractivity contribution in [3.05, 3.63) is 0 Å². The van der Waals surface area contributed by atoms with Crippen molar-refractivity contribution in [1.29, 1.82) is 0 Å². The van der Waals surface area contributed by atoms with Crippen LogP contribution in [0.4, 0.5) is 4.39 Å². The van der Waals surface area contributed by atoms with Crippen molar-refractivity contribution in [3.8, 4) is 0 Å². The largest absolute Gasteiger partial charge is 0.249 e. The molecule has 0 saturated carbocycles. The molecule has 0 aliphatic heterocycles. The molecule has 3 heteroatoms. The summed E-state index contributed by atoms with van der Waals surface area (Å²) in [6.07, 6.45) is 1.98. The van der Waals surface area contributed by atoms with Gasteiger partial charge in [0.2, 0.25) is 6.08 Å². The lowest BCUT2D eigenvalue weighted by molar-refractivity contribution is 0.381. The normalized spacial score (nSPS) is 12.8. The minimum Gasteiger partial charge on any atom is -0.249 e. The first-order valence-electron chi connectivity index (χ1n) is 3.33. The third kappa shape index (κ3) is 4.21. The highest BCUT2D eigenvalue weighted by atomic mass is 19.1. The van der Waals surface area contributed by atoms with Crippen LogP contribution in [0.25, 0.3) is 0 Å². The van der Waals surface area contributed by atoms with Gasteiger partial charge in [-0.3, -0.25) is 0 Å². The molecule has 2 nitrogen and oxygen atoms in total. The number of halogens is 1. The SMILES string of the molecule is CC(C)CC(CF)N=C=O. The van der Waals surface area contributed by atoms with Crippen LogP contribution >= 0.6 is 0 Å². The number of alkyl halides is 1. The first-order valence-corrected chi connectivity index (χ1v) is 3.33. The average molecular weight is 145 g/mol. The molecule has 0 aromatic carbocycles. The van der Waals surface area contributed by atoms with Crippen LogP contribution in [0.15, 0.2) is 4.99 Å². The first-order chi connectivity index (χ1) is 4.70. The lowest BCUT2D eigenvalue weighted by atomic mass is 10.1. The minimum atomic E-state index is -0.562. The fourth-order valence-corrected chi connectivity index (χ4v) is 0.769. The smallest absolute Gasteiger partial charge is 0.235 e. The van der Waals surface area contributed by atoms with E-state index in [1.807, 2.05) is 13.8 Å². The summed E-state index contributed by atoms with van der Waals surface area (Å²) in [5.41, 5.74) is 0. The van der Waals surface area contributed by atoms with Gasteiger partial charge < -0.3 is 0 Å². The Labute approximate surface area is 60.2 Å². The Morgan fingerprint density at radius 2 is 2.20 bits per heavy atom. The van der Waals surface area contributed by atoms with Crippen LogP contribution in [0.3, 0.4) is 0 Å². The predicted octanol–water partition coefficient (Wildman–Crippen LogP) is 1.71. The summed E-state index contributed by atoms with van der Waals surface area (Å²) < 4.78 is 11.9. The highest BCUT2D eigenvalue weighted by Gasteiger charge is 2.07. The first kappa shape index (κ1) is 9.31. The van der Waals surface area contributed by atoms with Crippen molar-refractivity contribution in [2.24, 2.45) is 10.9 Å². The van der Waals surface area contributed by atoms with Crippen LogP contribution in [-0.4, -0.2) is 18.8 Å². The van der Waals surface area contributed by atoms with Crippen LogP contribution in [-0.2, 0) is 4.79 Å². The molecule has 0 bridgehead atoms. The van der Waals surface area contributed by atoms with Gasteiger partial charge in [0.05, 0.1) is 6.04 Å². The van der Waals surface area contributed by atoms with Crippen molar-refractivity contribution in [2.75, 3.05) is 6.67 Å². The zero-order valence-electron chi connectivity index (χ0n) is 6.30. The number of nitrogens with zero attached hydrogens (tertiary/aromatic N) is 1. The summed E-state index contributed by atoms with van der Waals surface area (Å²) in [6.45, 7) is 3.36. The van der Waals surface area contributed by atoms with Crippen LogP contribution in [0.2, 0.25) is 0 Å². The minimum absolute atomic E-state index is 0.373. The molecule has 0 amide bonds. The third-order valence-electron chi connectivity index (χ3n) is 1.16. The molecule has 1 unspecified atom stereocenters. The van der Waals surface area contributed by atoms with Gasteiger partial charge in [-0.1, -0.05) is 13.8 Å². The number of hydrogen-bond acceptors (Lipinski definition) is 2. The molecule has 0 rings (SSSR count). The van der Waals surface area contributed by atoms with Gasteiger partial charge in [0.15, 0.2) is 0 Å². The molecule has 0 radical (unpaired) electrons. The molecule has 0 spiro atoms. The summed E-state index contributed by atoms with van der Waals surface area (Å²) in [5.74, 6) is 0.373. The molecule has 1 atom stereocenters. The maximum absolute atomic E-state index is 11.9. The van der Waals surface area contributed by atoms with E-state index in [2.05, 4.69) is 4.99 Å². The van der Waals surface area contributed by atoms with Crippen molar-refractivity contribution in [2.45, 2.75) is 26.3 Å². The Kier molecular flexibility index (Phi) is 4.77.